The predicted molar refractivity (Wildman–Crippen MR) is 147 cm³/mol. The first kappa shape index (κ1) is 24.4. The molecule has 34 heavy (non-hydrogen) atoms. The van der Waals surface area contributed by atoms with Gasteiger partial charge in [-0.15, -0.1) is 0 Å². The molecule has 0 aliphatic heterocycles. The van der Waals surface area contributed by atoms with Crippen molar-refractivity contribution in [3.63, 3.8) is 0 Å². The van der Waals surface area contributed by atoms with E-state index in [4.69, 9.17) is 17.2 Å². The molecule has 4 rings (SSSR count). The molecule has 175 valence electrons. The molecule has 3 aromatic carbocycles. The largest absolute Gasteiger partial charge is 0.326 e. The lowest BCUT2D eigenvalue weighted by Gasteiger charge is -2.38. The highest BCUT2D eigenvalue weighted by Gasteiger charge is 2.42. The third-order valence-electron chi connectivity index (χ3n) is 6.84. The van der Waals surface area contributed by atoms with Gasteiger partial charge < -0.3 is 17.2 Å². The van der Waals surface area contributed by atoms with Gasteiger partial charge in [-0.3, -0.25) is 0 Å². The summed E-state index contributed by atoms with van der Waals surface area (Å²) in [7, 11) is -1.51. The molecule has 0 saturated carbocycles. The molecule has 1 radical (unpaired) electrons. The summed E-state index contributed by atoms with van der Waals surface area (Å²) in [6, 6.07) is 26.1. The van der Waals surface area contributed by atoms with E-state index in [0.717, 1.165) is 16.7 Å². The SMILES string of the molecule is C[Si](C)(C)[C]1C=CC(C(c2cccc(CN)c2)(c2cccc(CN)c2)c2cccc(CN)c2)=C1. The van der Waals surface area contributed by atoms with Crippen molar-refractivity contribution in [3.8, 4) is 0 Å². The van der Waals surface area contributed by atoms with Gasteiger partial charge in [0.05, 0.1) is 13.5 Å². The van der Waals surface area contributed by atoms with E-state index in [1.54, 1.807) is 0 Å². The van der Waals surface area contributed by atoms with Crippen LogP contribution in [-0.2, 0) is 25.0 Å². The lowest BCUT2D eigenvalue weighted by atomic mass is 9.64. The van der Waals surface area contributed by atoms with Gasteiger partial charge in [-0.05, 0) is 39.0 Å². The molecule has 0 unspecified atom stereocenters. The second kappa shape index (κ2) is 9.85. The van der Waals surface area contributed by atoms with Gasteiger partial charge >= 0.3 is 0 Å². The zero-order valence-electron chi connectivity index (χ0n) is 20.5. The lowest BCUT2D eigenvalue weighted by molar-refractivity contribution is 0.738. The Kier molecular flexibility index (Phi) is 7.06. The van der Waals surface area contributed by atoms with E-state index < -0.39 is 13.5 Å². The molecule has 3 nitrogen and oxygen atoms in total. The molecule has 0 amide bonds. The van der Waals surface area contributed by atoms with Gasteiger partial charge in [0.25, 0.3) is 0 Å². The van der Waals surface area contributed by atoms with Crippen LogP contribution in [0.5, 0.6) is 0 Å². The number of hydrogen-bond donors (Lipinski definition) is 3. The molecule has 0 heterocycles. The normalized spacial score (nSPS) is 14.5. The van der Waals surface area contributed by atoms with E-state index in [2.05, 4.69) is 111 Å². The van der Waals surface area contributed by atoms with Gasteiger partial charge in [0.1, 0.15) is 0 Å². The van der Waals surface area contributed by atoms with Crippen LogP contribution in [0.4, 0.5) is 0 Å². The van der Waals surface area contributed by atoms with Crippen LogP contribution in [0.2, 0.25) is 19.6 Å². The van der Waals surface area contributed by atoms with Crippen molar-refractivity contribution in [2.75, 3.05) is 0 Å². The van der Waals surface area contributed by atoms with E-state index in [9.17, 15) is 0 Å². The summed E-state index contributed by atoms with van der Waals surface area (Å²) >= 11 is 0. The highest BCUT2D eigenvalue weighted by atomic mass is 28.3. The monoisotopic (exact) mass is 466 g/mol. The zero-order chi connectivity index (χ0) is 24.3. The molecule has 4 heteroatoms. The van der Waals surface area contributed by atoms with Crippen LogP contribution in [0.3, 0.4) is 0 Å². The van der Waals surface area contributed by atoms with E-state index in [-0.39, 0.29) is 0 Å². The third-order valence-corrected chi connectivity index (χ3v) is 8.88. The summed E-state index contributed by atoms with van der Waals surface area (Å²) in [6.07, 6.45) is 7.06. The highest BCUT2D eigenvalue weighted by Crippen LogP contribution is 2.49. The van der Waals surface area contributed by atoms with Crippen LogP contribution in [0.1, 0.15) is 33.4 Å². The number of hydrogen-bond acceptors (Lipinski definition) is 3. The first-order valence-electron chi connectivity index (χ1n) is 12.0. The molecule has 6 N–H and O–H groups in total. The highest BCUT2D eigenvalue weighted by molar-refractivity contribution is 6.82. The standard InChI is InChI=1S/C30H36N3Si/c1-34(2,3)29-14-13-28(18-29)30(25-10-4-7-22(15-25)19-31,26-11-5-8-23(16-26)20-32)27-12-6-9-24(17-27)21-33/h4-18H,19-21,31-33H2,1-3H3. The van der Waals surface area contributed by atoms with Gasteiger partial charge in [-0.2, -0.15) is 0 Å². The quantitative estimate of drug-likeness (QED) is 0.309. The molecule has 3 aromatic rings. The van der Waals surface area contributed by atoms with Crippen LogP contribution in [0, 0.1) is 5.54 Å². The second-order valence-electron chi connectivity index (χ2n) is 10.1. The third kappa shape index (κ3) is 4.47. The predicted octanol–water partition coefficient (Wildman–Crippen LogP) is 5.35. The molecule has 1 aliphatic rings. The molecule has 0 saturated heterocycles. The summed E-state index contributed by atoms with van der Waals surface area (Å²) in [5, 5.41) is 0. The average molecular weight is 467 g/mol. The number of benzene rings is 3. The van der Waals surface area contributed by atoms with Crippen LogP contribution in [-0.4, -0.2) is 8.07 Å². The molecule has 0 fully saturated rings. The Morgan fingerprint density at radius 3 is 1.35 bits per heavy atom. The van der Waals surface area contributed by atoms with Crippen molar-refractivity contribution in [1.82, 2.24) is 0 Å². The van der Waals surface area contributed by atoms with Crippen molar-refractivity contribution in [3.05, 3.63) is 136 Å². The van der Waals surface area contributed by atoms with Crippen molar-refractivity contribution >= 4 is 8.07 Å². The molecule has 0 spiro atoms. The van der Waals surface area contributed by atoms with Gasteiger partial charge in [0.2, 0.25) is 0 Å². The molecule has 0 aromatic heterocycles. The fraction of sp³-hybridized carbons (Fsp3) is 0.233. The Morgan fingerprint density at radius 1 is 0.618 bits per heavy atom. The van der Waals surface area contributed by atoms with Gasteiger partial charge in [-0.25, -0.2) is 0 Å². The smallest absolute Gasteiger partial charge is 0.0698 e. The van der Waals surface area contributed by atoms with Crippen LogP contribution < -0.4 is 17.2 Å². The average Bonchev–Trinajstić information content (AvgIpc) is 3.36. The molecular weight excluding hydrogens is 430 g/mol. The number of nitrogens with two attached hydrogens (primary N) is 3. The Labute approximate surface area is 205 Å². The van der Waals surface area contributed by atoms with Crippen molar-refractivity contribution < 1.29 is 0 Å². The van der Waals surface area contributed by atoms with Gasteiger partial charge in [0.15, 0.2) is 0 Å². The maximum atomic E-state index is 6.10. The van der Waals surface area contributed by atoms with Crippen LogP contribution >= 0.6 is 0 Å². The molecule has 1 aliphatic carbocycles. The fourth-order valence-electron chi connectivity index (χ4n) is 4.94. The minimum absolute atomic E-state index is 0.497. The van der Waals surface area contributed by atoms with E-state index in [1.165, 1.54) is 27.8 Å². The topological polar surface area (TPSA) is 78.1 Å². The van der Waals surface area contributed by atoms with Crippen LogP contribution in [0.15, 0.2) is 96.6 Å². The fourth-order valence-corrected chi connectivity index (χ4v) is 6.11. The van der Waals surface area contributed by atoms with E-state index >= 15 is 0 Å². The molecule has 0 bridgehead atoms. The number of allylic oxidation sites excluding steroid dienone is 4. The summed E-state index contributed by atoms with van der Waals surface area (Å²) in [5.74, 6) is 0. The summed E-state index contributed by atoms with van der Waals surface area (Å²) in [4.78, 5) is 0. The lowest BCUT2D eigenvalue weighted by Crippen LogP contribution is -2.32. The van der Waals surface area contributed by atoms with Crippen LogP contribution in [0.25, 0.3) is 0 Å². The maximum absolute atomic E-state index is 6.10. The first-order chi connectivity index (χ1) is 16.3. The molecule has 0 atom stereocenters. The maximum Gasteiger partial charge on any atom is 0.0698 e. The Hall–Kier alpha value is -2.76. The Bertz CT molecular complexity index is 1100. The Morgan fingerprint density at radius 2 is 1.03 bits per heavy atom. The van der Waals surface area contributed by atoms with Gasteiger partial charge in [-0.1, -0.05) is 111 Å². The van der Waals surface area contributed by atoms with Crippen molar-refractivity contribution in [2.24, 2.45) is 17.2 Å². The Balaban J connectivity index is 2.12. The minimum atomic E-state index is -1.51. The van der Waals surface area contributed by atoms with Crippen molar-refractivity contribution in [2.45, 2.75) is 44.7 Å². The minimum Gasteiger partial charge on any atom is -0.326 e. The summed E-state index contributed by atoms with van der Waals surface area (Å²) in [6.45, 7) is 8.68. The molecular formula is C30H36N3Si. The van der Waals surface area contributed by atoms with E-state index in [0.29, 0.717) is 19.6 Å². The second-order valence-corrected chi connectivity index (χ2v) is 15.2. The summed E-state index contributed by atoms with van der Waals surface area (Å²) < 4.78 is 0. The summed E-state index contributed by atoms with van der Waals surface area (Å²) in [5.41, 5.74) is 27.5. The first-order valence-corrected chi connectivity index (χ1v) is 15.5. The van der Waals surface area contributed by atoms with Gasteiger partial charge in [0, 0.05) is 25.2 Å². The van der Waals surface area contributed by atoms with Crippen molar-refractivity contribution in [1.29, 1.82) is 0 Å². The number of rotatable bonds is 8. The zero-order valence-corrected chi connectivity index (χ0v) is 21.5. The van der Waals surface area contributed by atoms with E-state index in [1.807, 2.05) is 0 Å².